The lowest BCUT2D eigenvalue weighted by atomic mass is 9.95. The zero-order valence-electron chi connectivity index (χ0n) is 13.2. The van der Waals surface area contributed by atoms with Gasteiger partial charge >= 0.3 is 0 Å². The molecular weight excluding hydrogens is 278 g/mol. The molecule has 1 aliphatic rings. The minimum atomic E-state index is 0.439. The highest BCUT2D eigenvalue weighted by atomic mass is 16.5. The van der Waals surface area contributed by atoms with Crippen molar-refractivity contribution in [2.45, 2.75) is 25.7 Å². The Balaban J connectivity index is 1.74. The minimum absolute atomic E-state index is 0.439. The van der Waals surface area contributed by atoms with Gasteiger partial charge in [0.25, 0.3) is 0 Å². The summed E-state index contributed by atoms with van der Waals surface area (Å²) in [6.45, 7) is 5.92. The van der Waals surface area contributed by atoms with Crippen molar-refractivity contribution in [3.8, 4) is 11.5 Å². The average Bonchev–Trinajstić information content (AvgIpc) is 3.00. The van der Waals surface area contributed by atoms with Crippen LogP contribution >= 0.6 is 0 Å². The van der Waals surface area contributed by atoms with Crippen LogP contribution in [0.1, 0.15) is 30.1 Å². The van der Waals surface area contributed by atoms with Crippen LogP contribution in [0.4, 0.5) is 0 Å². The second kappa shape index (κ2) is 6.98. The van der Waals surface area contributed by atoms with Gasteiger partial charge in [-0.3, -0.25) is 4.98 Å². The van der Waals surface area contributed by atoms with Crippen LogP contribution in [0.15, 0.2) is 18.6 Å². The molecule has 3 rings (SSSR count). The fraction of sp³-hybridized carbons (Fsp3) is 0.562. The van der Waals surface area contributed by atoms with Crippen LogP contribution in [0, 0.1) is 6.92 Å². The van der Waals surface area contributed by atoms with E-state index in [2.05, 4.69) is 19.9 Å². The third-order valence-corrected chi connectivity index (χ3v) is 4.13. The van der Waals surface area contributed by atoms with E-state index in [0.29, 0.717) is 5.92 Å². The van der Waals surface area contributed by atoms with E-state index < -0.39 is 0 Å². The van der Waals surface area contributed by atoms with E-state index in [0.717, 1.165) is 49.1 Å². The predicted octanol–water partition coefficient (Wildman–Crippen LogP) is 2.00. The van der Waals surface area contributed by atoms with Crippen molar-refractivity contribution in [3.05, 3.63) is 30.0 Å². The van der Waals surface area contributed by atoms with Crippen LogP contribution < -0.4 is 0 Å². The van der Waals surface area contributed by atoms with Crippen molar-refractivity contribution in [2.24, 2.45) is 0 Å². The normalized spacial score (nSPS) is 19.5. The summed E-state index contributed by atoms with van der Waals surface area (Å²) in [4.78, 5) is 19.2. The number of hydrogen-bond donors (Lipinski definition) is 1. The molecule has 0 amide bonds. The molecule has 1 atom stereocenters. The number of likely N-dealkylation sites (tertiary alicyclic amines) is 1. The summed E-state index contributed by atoms with van der Waals surface area (Å²) in [5.74, 6) is 1.23. The lowest BCUT2D eigenvalue weighted by Crippen LogP contribution is -2.36. The first-order chi connectivity index (χ1) is 10.8. The number of aromatic amines is 1. The molecule has 0 spiro atoms. The molecule has 3 heterocycles. The Morgan fingerprint density at radius 3 is 3.05 bits per heavy atom. The maximum absolute atomic E-state index is 5.18. The molecule has 1 N–H and O–H groups in total. The molecule has 0 aliphatic carbocycles. The monoisotopic (exact) mass is 301 g/mol. The number of hydrogen-bond acceptors (Lipinski definition) is 5. The fourth-order valence-electron chi connectivity index (χ4n) is 2.96. The number of ether oxygens (including phenoxy) is 1. The highest BCUT2D eigenvalue weighted by molar-refractivity contribution is 5.48. The van der Waals surface area contributed by atoms with Gasteiger partial charge in [-0.15, -0.1) is 0 Å². The Labute approximate surface area is 131 Å². The van der Waals surface area contributed by atoms with Gasteiger partial charge in [0.05, 0.1) is 18.5 Å². The Hall–Kier alpha value is -1.79. The van der Waals surface area contributed by atoms with E-state index in [1.54, 1.807) is 13.3 Å². The molecule has 2 aromatic heterocycles. The van der Waals surface area contributed by atoms with E-state index in [4.69, 9.17) is 9.72 Å². The highest BCUT2D eigenvalue weighted by Crippen LogP contribution is 2.26. The number of nitrogens with zero attached hydrogens (tertiary/aromatic N) is 4. The Morgan fingerprint density at radius 1 is 1.36 bits per heavy atom. The third-order valence-electron chi connectivity index (χ3n) is 4.13. The summed E-state index contributed by atoms with van der Waals surface area (Å²) in [6, 6.07) is 0. The standard InChI is InChI=1S/C16H23N5O/c1-12-8-18-16(19-12)15-10-17-9-14(20-15)13-4-3-5-21(11-13)6-7-22-2/h8-10,13H,3-7,11H2,1-2H3,(H,18,19)/t13-/m0/s1. The van der Waals surface area contributed by atoms with Crippen molar-refractivity contribution in [1.29, 1.82) is 0 Å². The first-order valence-corrected chi connectivity index (χ1v) is 7.81. The zero-order valence-corrected chi connectivity index (χ0v) is 13.2. The summed E-state index contributed by atoms with van der Waals surface area (Å²) >= 11 is 0. The maximum Gasteiger partial charge on any atom is 0.157 e. The predicted molar refractivity (Wildman–Crippen MR) is 84.6 cm³/mol. The number of piperidine rings is 1. The number of aromatic nitrogens is 4. The van der Waals surface area contributed by atoms with Crippen molar-refractivity contribution in [3.63, 3.8) is 0 Å². The summed E-state index contributed by atoms with van der Waals surface area (Å²) in [7, 11) is 1.75. The molecule has 6 heteroatoms. The van der Waals surface area contributed by atoms with Crippen LogP contribution in [0.25, 0.3) is 11.5 Å². The van der Waals surface area contributed by atoms with E-state index in [-0.39, 0.29) is 0 Å². The lowest BCUT2D eigenvalue weighted by molar-refractivity contribution is 0.127. The minimum Gasteiger partial charge on any atom is -0.383 e. The van der Waals surface area contributed by atoms with Gasteiger partial charge in [0.1, 0.15) is 5.69 Å². The first kappa shape index (κ1) is 15.1. The molecule has 2 aromatic rings. The molecule has 118 valence electrons. The largest absolute Gasteiger partial charge is 0.383 e. The molecule has 0 saturated carbocycles. The quantitative estimate of drug-likeness (QED) is 0.915. The Kier molecular flexibility index (Phi) is 4.80. The Bertz CT molecular complexity index is 612. The van der Waals surface area contributed by atoms with E-state index in [9.17, 15) is 0 Å². The summed E-state index contributed by atoms with van der Waals surface area (Å²) in [5.41, 5.74) is 2.92. The van der Waals surface area contributed by atoms with Gasteiger partial charge in [0.2, 0.25) is 0 Å². The lowest BCUT2D eigenvalue weighted by Gasteiger charge is -2.32. The third kappa shape index (κ3) is 3.51. The molecule has 6 nitrogen and oxygen atoms in total. The first-order valence-electron chi connectivity index (χ1n) is 7.81. The molecule has 1 fully saturated rings. The van der Waals surface area contributed by atoms with Gasteiger partial charge in [-0.2, -0.15) is 0 Å². The second-order valence-corrected chi connectivity index (χ2v) is 5.88. The van der Waals surface area contributed by atoms with Gasteiger partial charge in [0, 0.05) is 44.2 Å². The molecule has 0 aromatic carbocycles. The van der Waals surface area contributed by atoms with Crippen molar-refractivity contribution >= 4 is 0 Å². The van der Waals surface area contributed by atoms with Crippen LogP contribution in [0.3, 0.4) is 0 Å². The molecule has 1 saturated heterocycles. The smallest absolute Gasteiger partial charge is 0.157 e. The zero-order chi connectivity index (χ0) is 15.4. The molecule has 0 bridgehead atoms. The molecule has 22 heavy (non-hydrogen) atoms. The van der Waals surface area contributed by atoms with Gasteiger partial charge in [-0.1, -0.05) is 0 Å². The second-order valence-electron chi connectivity index (χ2n) is 5.88. The van der Waals surface area contributed by atoms with Gasteiger partial charge in [0.15, 0.2) is 5.82 Å². The van der Waals surface area contributed by atoms with Gasteiger partial charge in [-0.05, 0) is 26.3 Å². The number of rotatable bonds is 5. The number of aryl methyl sites for hydroxylation is 1. The van der Waals surface area contributed by atoms with Crippen molar-refractivity contribution in [1.82, 2.24) is 24.8 Å². The molecule has 0 unspecified atom stereocenters. The van der Waals surface area contributed by atoms with Crippen LogP contribution in [-0.4, -0.2) is 58.2 Å². The SMILES string of the molecule is COCCN1CCC[C@H](c2cncc(-c3ncc(C)[nH]3)n2)C1. The summed E-state index contributed by atoms with van der Waals surface area (Å²) < 4.78 is 5.18. The van der Waals surface area contributed by atoms with Crippen molar-refractivity contribution < 1.29 is 4.74 Å². The van der Waals surface area contributed by atoms with E-state index >= 15 is 0 Å². The number of nitrogens with one attached hydrogen (secondary N) is 1. The fourth-order valence-corrected chi connectivity index (χ4v) is 2.96. The topological polar surface area (TPSA) is 66.9 Å². The Morgan fingerprint density at radius 2 is 2.27 bits per heavy atom. The van der Waals surface area contributed by atoms with Crippen LogP contribution in [0.5, 0.6) is 0 Å². The summed E-state index contributed by atoms with van der Waals surface area (Å²) in [6.07, 6.45) is 7.84. The average molecular weight is 301 g/mol. The van der Waals surface area contributed by atoms with Gasteiger partial charge < -0.3 is 14.6 Å². The number of methoxy groups -OCH3 is 1. The molecule has 1 aliphatic heterocycles. The van der Waals surface area contributed by atoms with E-state index in [1.807, 2.05) is 19.3 Å². The summed E-state index contributed by atoms with van der Waals surface area (Å²) in [5, 5.41) is 0. The van der Waals surface area contributed by atoms with Crippen LogP contribution in [-0.2, 0) is 4.74 Å². The van der Waals surface area contributed by atoms with Crippen molar-refractivity contribution in [2.75, 3.05) is 33.4 Å². The molecule has 0 radical (unpaired) electrons. The maximum atomic E-state index is 5.18. The highest BCUT2D eigenvalue weighted by Gasteiger charge is 2.22. The van der Waals surface area contributed by atoms with E-state index in [1.165, 1.54) is 12.8 Å². The number of H-pyrrole nitrogens is 1. The van der Waals surface area contributed by atoms with Gasteiger partial charge in [-0.25, -0.2) is 9.97 Å². The molecular formula is C16H23N5O. The van der Waals surface area contributed by atoms with Crippen LogP contribution in [0.2, 0.25) is 0 Å². The number of imidazole rings is 1.